The second kappa shape index (κ2) is 10.6. The fraction of sp³-hybridized carbons (Fsp3) is 0. The van der Waals surface area contributed by atoms with E-state index in [9.17, 15) is 19.2 Å². The zero-order chi connectivity index (χ0) is 31.4. The molecule has 0 spiro atoms. The van der Waals surface area contributed by atoms with Gasteiger partial charge in [-0.3, -0.25) is 19.2 Å². The number of imide groups is 2. The van der Waals surface area contributed by atoms with E-state index >= 15 is 0 Å². The van der Waals surface area contributed by atoms with E-state index < -0.39 is 23.6 Å². The molecule has 8 heteroatoms. The van der Waals surface area contributed by atoms with Crippen molar-refractivity contribution >= 4 is 68.5 Å². The highest BCUT2D eigenvalue weighted by Crippen LogP contribution is 2.46. The van der Waals surface area contributed by atoms with Gasteiger partial charge in [0, 0.05) is 22.1 Å². The minimum absolute atomic E-state index is 0.197. The van der Waals surface area contributed by atoms with Crippen molar-refractivity contribution in [2.45, 2.75) is 0 Å². The lowest BCUT2D eigenvalue weighted by Crippen LogP contribution is -2.44. The van der Waals surface area contributed by atoms with E-state index in [1.807, 2.05) is 72.8 Å². The van der Waals surface area contributed by atoms with E-state index in [2.05, 4.69) is 10.6 Å². The highest BCUT2D eigenvalue weighted by Gasteiger charge is 2.43. The third-order valence-electron chi connectivity index (χ3n) is 8.24. The van der Waals surface area contributed by atoms with E-state index in [0.29, 0.717) is 34.1 Å². The molecule has 46 heavy (non-hydrogen) atoms. The van der Waals surface area contributed by atoms with Crippen LogP contribution in [0.3, 0.4) is 0 Å². The van der Waals surface area contributed by atoms with Crippen LogP contribution in [0.1, 0.15) is 41.4 Å². The second-order valence-corrected chi connectivity index (χ2v) is 11.0. The van der Waals surface area contributed by atoms with Crippen molar-refractivity contribution in [3.63, 3.8) is 0 Å². The van der Waals surface area contributed by atoms with Crippen LogP contribution in [0.5, 0.6) is 0 Å². The van der Waals surface area contributed by atoms with Crippen molar-refractivity contribution in [1.82, 2.24) is 0 Å². The fourth-order valence-corrected chi connectivity index (χ4v) is 6.24. The molecule has 0 aliphatic carbocycles. The summed E-state index contributed by atoms with van der Waals surface area (Å²) >= 11 is 0. The van der Waals surface area contributed by atoms with Crippen molar-refractivity contribution in [1.29, 1.82) is 0 Å². The molecule has 0 unspecified atom stereocenters. The normalized spacial score (nSPS) is 13.7. The number of hydrogen-bond acceptors (Lipinski definition) is 6. The number of nitrogens with zero attached hydrogens (tertiary/aromatic N) is 2. The molecule has 0 saturated carbocycles. The summed E-state index contributed by atoms with van der Waals surface area (Å²) in [6.45, 7) is 0. The summed E-state index contributed by atoms with van der Waals surface area (Å²) in [5.74, 6) is -2.23. The Hall–Kier alpha value is -6.54. The molecule has 0 radical (unpaired) electrons. The van der Waals surface area contributed by atoms with Gasteiger partial charge in [0.1, 0.15) is 0 Å². The van der Waals surface area contributed by atoms with E-state index in [4.69, 9.17) is 0 Å². The summed E-state index contributed by atoms with van der Waals surface area (Å²) in [5.41, 5.74) is 3.66. The predicted octanol–water partition coefficient (Wildman–Crippen LogP) is 7.93. The quantitative estimate of drug-likeness (QED) is 0.188. The predicted molar refractivity (Wildman–Crippen MR) is 179 cm³/mol. The molecule has 0 fully saturated rings. The van der Waals surface area contributed by atoms with Gasteiger partial charge < -0.3 is 10.6 Å². The highest BCUT2D eigenvalue weighted by atomic mass is 16.2. The molecular weight excluding hydrogens is 576 g/mol. The maximum atomic E-state index is 14.4. The van der Waals surface area contributed by atoms with Gasteiger partial charge in [-0.1, -0.05) is 72.8 Å². The number of nitrogens with one attached hydrogen (secondary N) is 2. The Balaban J connectivity index is 1.47. The lowest BCUT2D eigenvalue weighted by molar-refractivity contribution is 0.0873. The summed E-state index contributed by atoms with van der Waals surface area (Å²) in [7, 11) is 0. The molecule has 0 aromatic heterocycles. The topological polar surface area (TPSA) is 98.8 Å². The van der Waals surface area contributed by atoms with Gasteiger partial charge in [0.2, 0.25) is 0 Å². The summed E-state index contributed by atoms with van der Waals surface area (Å²) in [6.07, 6.45) is 0. The number of rotatable bonds is 6. The average molecular weight is 601 g/mol. The Labute approximate surface area is 263 Å². The molecule has 0 bridgehead atoms. The molecule has 4 amide bonds. The van der Waals surface area contributed by atoms with Crippen molar-refractivity contribution < 1.29 is 19.2 Å². The summed E-state index contributed by atoms with van der Waals surface area (Å²) < 4.78 is 0. The summed E-state index contributed by atoms with van der Waals surface area (Å²) in [4.78, 5) is 59.9. The van der Waals surface area contributed by atoms with Crippen molar-refractivity contribution in [2.24, 2.45) is 0 Å². The van der Waals surface area contributed by atoms with Gasteiger partial charge in [-0.15, -0.1) is 0 Å². The molecule has 2 aliphatic rings. The first-order chi connectivity index (χ1) is 22.5. The SMILES string of the molecule is O=C1c2cc(Nc3ccccc3)c3c4c(cc(Nc5ccccc5)c(c24)C(=O)N1c1ccccc1)C(=O)N(c1ccccc1)C3=O. The van der Waals surface area contributed by atoms with Crippen molar-refractivity contribution in [2.75, 3.05) is 20.4 Å². The Morgan fingerprint density at radius 1 is 0.391 bits per heavy atom. The monoisotopic (exact) mass is 600 g/mol. The summed E-state index contributed by atoms with van der Waals surface area (Å²) in [5, 5.41) is 7.18. The van der Waals surface area contributed by atoms with Crippen LogP contribution in [0, 0.1) is 0 Å². The van der Waals surface area contributed by atoms with Crippen LogP contribution in [-0.2, 0) is 0 Å². The molecule has 2 heterocycles. The Morgan fingerprint density at radius 3 is 1.07 bits per heavy atom. The zero-order valence-corrected chi connectivity index (χ0v) is 24.2. The third kappa shape index (κ3) is 4.16. The van der Waals surface area contributed by atoms with Crippen LogP contribution in [0.15, 0.2) is 133 Å². The van der Waals surface area contributed by atoms with Crippen LogP contribution < -0.4 is 20.4 Å². The maximum Gasteiger partial charge on any atom is 0.268 e. The van der Waals surface area contributed by atoms with Gasteiger partial charge in [0.15, 0.2) is 0 Å². The van der Waals surface area contributed by atoms with Crippen LogP contribution >= 0.6 is 0 Å². The fourth-order valence-electron chi connectivity index (χ4n) is 6.24. The third-order valence-corrected chi connectivity index (χ3v) is 8.24. The number of carbonyl (C=O) groups excluding carboxylic acids is 4. The van der Waals surface area contributed by atoms with Crippen molar-refractivity contribution in [3.8, 4) is 0 Å². The Kier molecular flexibility index (Phi) is 6.21. The van der Waals surface area contributed by atoms with Crippen LogP contribution in [0.4, 0.5) is 34.1 Å². The number of anilines is 6. The number of carbonyl (C=O) groups is 4. The van der Waals surface area contributed by atoms with Gasteiger partial charge in [-0.05, 0) is 60.7 Å². The second-order valence-electron chi connectivity index (χ2n) is 11.0. The van der Waals surface area contributed by atoms with Gasteiger partial charge in [-0.25, -0.2) is 9.80 Å². The summed E-state index contributed by atoms with van der Waals surface area (Å²) in [6, 6.07) is 39.2. The standard InChI is InChI=1S/C38H24N4O4/c43-35-27-21-29(39-23-13-5-1-6-14-23)33-31-28(36(44)41(37(33)45)25-17-9-3-10-18-25)22-30(40-24-15-7-2-8-16-24)34(32(27)31)38(46)42(35)26-19-11-4-12-20-26/h1-22,39-40H. The van der Waals surface area contributed by atoms with Crippen LogP contribution in [0.25, 0.3) is 10.8 Å². The lowest BCUT2D eigenvalue weighted by Gasteiger charge is -2.34. The van der Waals surface area contributed by atoms with Crippen molar-refractivity contribution in [3.05, 3.63) is 156 Å². The largest absolute Gasteiger partial charge is 0.355 e. The molecule has 6 aromatic carbocycles. The first-order valence-corrected chi connectivity index (χ1v) is 14.7. The van der Waals surface area contributed by atoms with Crippen LogP contribution in [-0.4, -0.2) is 23.6 Å². The van der Waals surface area contributed by atoms with Gasteiger partial charge in [-0.2, -0.15) is 0 Å². The average Bonchev–Trinajstić information content (AvgIpc) is 3.08. The molecule has 6 aromatic rings. The van der Waals surface area contributed by atoms with E-state index in [1.54, 1.807) is 60.7 Å². The first-order valence-electron chi connectivity index (χ1n) is 14.7. The molecule has 2 N–H and O–H groups in total. The van der Waals surface area contributed by atoms with E-state index in [0.717, 1.165) is 9.80 Å². The first kappa shape index (κ1) is 27.0. The molecule has 2 aliphatic heterocycles. The molecular formula is C38H24N4O4. The van der Waals surface area contributed by atoms with Gasteiger partial charge in [0.25, 0.3) is 23.6 Å². The Bertz CT molecular complexity index is 2060. The molecule has 8 rings (SSSR count). The van der Waals surface area contributed by atoms with E-state index in [-0.39, 0.29) is 33.0 Å². The minimum atomic E-state index is -0.561. The Morgan fingerprint density at radius 2 is 0.717 bits per heavy atom. The molecule has 220 valence electrons. The maximum absolute atomic E-state index is 14.4. The molecule has 8 nitrogen and oxygen atoms in total. The van der Waals surface area contributed by atoms with Gasteiger partial charge in [0.05, 0.1) is 45.0 Å². The number of amides is 4. The van der Waals surface area contributed by atoms with E-state index in [1.165, 1.54) is 0 Å². The minimum Gasteiger partial charge on any atom is -0.355 e. The van der Waals surface area contributed by atoms with Gasteiger partial charge >= 0.3 is 0 Å². The number of hydrogen-bond donors (Lipinski definition) is 2. The number of benzene rings is 6. The van der Waals surface area contributed by atoms with Crippen LogP contribution in [0.2, 0.25) is 0 Å². The highest BCUT2D eigenvalue weighted by molar-refractivity contribution is 6.44. The smallest absolute Gasteiger partial charge is 0.268 e. The zero-order valence-electron chi connectivity index (χ0n) is 24.2. The molecule has 0 saturated heterocycles. The number of para-hydroxylation sites is 4. The lowest BCUT2D eigenvalue weighted by atomic mass is 9.83. The molecule has 0 atom stereocenters.